The minimum absolute atomic E-state index is 0.285. The molecule has 2 aromatic rings. The average Bonchev–Trinajstić information content (AvgIpc) is 3.14. The maximum atomic E-state index is 6.21. The lowest BCUT2D eigenvalue weighted by atomic mass is 9.86. The van der Waals surface area contributed by atoms with Gasteiger partial charge in [0.2, 0.25) is 0 Å². The van der Waals surface area contributed by atoms with Gasteiger partial charge >= 0.3 is 0 Å². The molecule has 1 saturated carbocycles. The Morgan fingerprint density at radius 2 is 1.88 bits per heavy atom. The zero-order chi connectivity index (χ0) is 17.3. The Morgan fingerprint density at radius 3 is 2.69 bits per heavy atom. The van der Waals surface area contributed by atoms with Crippen LogP contribution in [0.3, 0.4) is 0 Å². The molecule has 1 aromatic heterocycles. The van der Waals surface area contributed by atoms with Crippen molar-refractivity contribution in [3.63, 3.8) is 0 Å². The monoisotopic (exact) mass is 369 g/mol. The standard InChI is InChI=1S/C21H27N3OS/c1-2-10-24(11-3-1)16-12-18(13-16)25-17-6-4-15(5-7-17)20-21-19(8-9-22-20)23-14-26-21/h4-7,14,16,18,20,22H,1-3,8-13H2. The van der Waals surface area contributed by atoms with E-state index in [1.54, 1.807) is 11.3 Å². The Morgan fingerprint density at radius 1 is 1.08 bits per heavy atom. The van der Waals surface area contributed by atoms with Crippen LogP contribution in [-0.4, -0.2) is 41.7 Å². The Kier molecular flexibility index (Phi) is 4.69. The highest BCUT2D eigenvalue weighted by Gasteiger charge is 2.35. The number of nitrogens with one attached hydrogen (secondary N) is 1. The molecule has 1 unspecified atom stereocenters. The zero-order valence-electron chi connectivity index (χ0n) is 15.2. The second-order valence-electron chi connectivity index (χ2n) is 7.83. The highest BCUT2D eigenvalue weighted by molar-refractivity contribution is 7.09. The molecule has 0 bridgehead atoms. The Balaban J connectivity index is 1.18. The van der Waals surface area contributed by atoms with Crippen LogP contribution in [-0.2, 0) is 6.42 Å². The number of fused-ring (bicyclic) bond motifs is 1. The third-order valence-electron chi connectivity index (χ3n) is 6.14. The summed E-state index contributed by atoms with van der Waals surface area (Å²) in [6, 6.07) is 9.75. The molecule has 5 heteroatoms. The van der Waals surface area contributed by atoms with E-state index in [0.717, 1.165) is 24.8 Å². The van der Waals surface area contributed by atoms with Crippen molar-refractivity contribution < 1.29 is 4.74 Å². The molecule has 5 rings (SSSR count). The van der Waals surface area contributed by atoms with Crippen molar-refractivity contribution in [3.8, 4) is 5.75 Å². The van der Waals surface area contributed by atoms with Crippen LogP contribution in [0.2, 0.25) is 0 Å². The first-order valence-corrected chi connectivity index (χ1v) is 10.9. The minimum atomic E-state index is 0.285. The lowest BCUT2D eigenvalue weighted by Gasteiger charge is -2.44. The summed E-state index contributed by atoms with van der Waals surface area (Å²) in [5.74, 6) is 1.01. The van der Waals surface area contributed by atoms with Crippen molar-refractivity contribution in [1.82, 2.24) is 15.2 Å². The topological polar surface area (TPSA) is 37.4 Å². The number of ether oxygens (including phenoxy) is 1. The number of hydrogen-bond acceptors (Lipinski definition) is 5. The van der Waals surface area contributed by atoms with E-state index in [4.69, 9.17) is 4.74 Å². The first kappa shape index (κ1) is 16.7. The van der Waals surface area contributed by atoms with Crippen molar-refractivity contribution >= 4 is 11.3 Å². The number of thiazole rings is 1. The molecule has 138 valence electrons. The van der Waals surface area contributed by atoms with Crippen LogP contribution in [0, 0.1) is 0 Å². The molecule has 3 heterocycles. The molecule has 1 aromatic carbocycles. The van der Waals surface area contributed by atoms with Gasteiger partial charge in [0.25, 0.3) is 0 Å². The van der Waals surface area contributed by atoms with Gasteiger partial charge in [0, 0.05) is 36.7 Å². The third kappa shape index (κ3) is 3.28. The lowest BCUT2D eigenvalue weighted by molar-refractivity contribution is 0.00891. The second kappa shape index (κ2) is 7.29. The van der Waals surface area contributed by atoms with E-state index in [1.807, 2.05) is 5.51 Å². The van der Waals surface area contributed by atoms with Gasteiger partial charge in [-0.2, -0.15) is 0 Å². The first-order chi connectivity index (χ1) is 12.9. The van der Waals surface area contributed by atoms with Crippen LogP contribution >= 0.6 is 11.3 Å². The Hall–Kier alpha value is -1.43. The van der Waals surface area contributed by atoms with Gasteiger partial charge in [-0.1, -0.05) is 18.6 Å². The highest BCUT2D eigenvalue weighted by Crippen LogP contribution is 2.34. The summed E-state index contributed by atoms with van der Waals surface area (Å²) < 4.78 is 6.21. The SMILES string of the molecule is c1nc2c(s1)C(c1ccc(OC3CC(N4CCCCC4)C3)cc1)NCC2. The van der Waals surface area contributed by atoms with Crippen LogP contribution in [0.4, 0.5) is 0 Å². The summed E-state index contributed by atoms with van der Waals surface area (Å²) in [7, 11) is 0. The quantitative estimate of drug-likeness (QED) is 0.890. The van der Waals surface area contributed by atoms with Gasteiger partial charge in [-0.3, -0.25) is 0 Å². The number of benzene rings is 1. The summed E-state index contributed by atoms with van der Waals surface area (Å²) in [4.78, 5) is 8.55. The van der Waals surface area contributed by atoms with Crippen molar-refractivity contribution in [2.45, 2.75) is 56.7 Å². The number of likely N-dealkylation sites (tertiary alicyclic amines) is 1. The minimum Gasteiger partial charge on any atom is -0.490 e. The molecular formula is C21H27N3OS. The summed E-state index contributed by atoms with van der Waals surface area (Å²) in [6.45, 7) is 3.58. The molecule has 2 fully saturated rings. The maximum absolute atomic E-state index is 6.21. The zero-order valence-corrected chi connectivity index (χ0v) is 16.0. The van der Waals surface area contributed by atoms with Crippen LogP contribution in [0.15, 0.2) is 29.8 Å². The molecule has 26 heavy (non-hydrogen) atoms. The average molecular weight is 370 g/mol. The van der Waals surface area contributed by atoms with Crippen LogP contribution in [0.1, 0.15) is 54.3 Å². The molecule has 1 atom stereocenters. The molecule has 0 amide bonds. The lowest BCUT2D eigenvalue weighted by Crippen LogP contribution is -2.50. The third-order valence-corrected chi connectivity index (χ3v) is 7.07. The van der Waals surface area contributed by atoms with Gasteiger partial charge in [-0.05, 0) is 43.6 Å². The number of aromatic nitrogens is 1. The van der Waals surface area contributed by atoms with E-state index in [9.17, 15) is 0 Å². The van der Waals surface area contributed by atoms with E-state index < -0.39 is 0 Å². The van der Waals surface area contributed by atoms with Crippen molar-refractivity contribution in [1.29, 1.82) is 0 Å². The molecule has 4 nitrogen and oxygen atoms in total. The largest absolute Gasteiger partial charge is 0.490 e. The van der Waals surface area contributed by atoms with Gasteiger partial charge in [0.05, 0.1) is 17.2 Å². The fourth-order valence-electron chi connectivity index (χ4n) is 4.54. The van der Waals surface area contributed by atoms with Gasteiger partial charge in [-0.15, -0.1) is 11.3 Å². The summed E-state index contributed by atoms with van der Waals surface area (Å²) in [5.41, 5.74) is 4.54. The second-order valence-corrected chi connectivity index (χ2v) is 8.72. The van der Waals surface area contributed by atoms with Crippen molar-refractivity contribution in [3.05, 3.63) is 45.9 Å². The Bertz CT molecular complexity index is 732. The molecule has 1 saturated heterocycles. The molecule has 2 aliphatic heterocycles. The van der Waals surface area contributed by atoms with Gasteiger partial charge in [-0.25, -0.2) is 4.98 Å². The highest BCUT2D eigenvalue weighted by atomic mass is 32.1. The maximum Gasteiger partial charge on any atom is 0.119 e. The first-order valence-electron chi connectivity index (χ1n) is 10.0. The predicted molar refractivity (Wildman–Crippen MR) is 105 cm³/mol. The molecule has 1 aliphatic carbocycles. The molecule has 0 spiro atoms. The van der Waals surface area contributed by atoms with Crippen molar-refractivity contribution in [2.75, 3.05) is 19.6 Å². The number of nitrogens with zero attached hydrogens (tertiary/aromatic N) is 2. The fourth-order valence-corrected chi connectivity index (χ4v) is 5.48. The smallest absolute Gasteiger partial charge is 0.119 e. The number of piperidine rings is 1. The van der Waals surface area contributed by atoms with Crippen LogP contribution < -0.4 is 10.1 Å². The number of hydrogen-bond donors (Lipinski definition) is 1. The van der Waals surface area contributed by atoms with E-state index in [0.29, 0.717) is 6.10 Å². The normalized spacial score (nSPS) is 29.0. The molecule has 1 N–H and O–H groups in total. The van der Waals surface area contributed by atoms with Gasteiger partial charge in [0.1, 0.15) is 11.9 Å². The van der Waals surface area contributed by atoms with Gasteiger partial charge in [0.15, 0.2) is 0 Å². The van der Waals surface area contributed by atoms with E-state index in [-0.39, 0.29) is 6.04 Å². The molecular weight excluding hydrogens is 342 g/mol. The molecule has 3 aliphatic rings. The van der Waals surface area contributed by atoms with Gasteiger partial charge < -0.3 is 15.0 Å². The van der Waals surface area contributed by atoms with Crippen LogP contribution in [0.5, 0.6) is 5.75 Å². The molecule has 0 radical (unpaired) electrons. The van der Waals surface area contributed by atoms with E-state index in [1.165, 1.54) is 61.3 Å². The summed E-state index contributed by atoms with van der Waals surface area (Å²) >= 11 is 1.76. The van der Waals surface area contributed by atoms with Crippen molar-refractivity contribution in [2.24, 2.45) is 0 Å². The fraction of sp³-hybridized carbons (Fsp3) is 0.571. The summed E-state index contributed by atoms with van der Waals surface area (Å²) in [6.07, 6.45) is 7.98. The van der Waals surface area contributed by atoms with E-state index >= 15 is 0 Å². The predicted octanol–water partition coefficient (Wildman–Crippen LogP) is 3.77. The summed E-state index contributed by atoms with van der Waals surface area (Å²) in [5, 5.41) is 3.63. The van der Waals surface area contributed by atoms with E-state index in [2.05, 4.69) is 39.5 Å². The Labute approximate surface area is 159 Å². The number of rotatable bonds is 4. The van der Waals surface area contributed by atoms with Crippen LogP contribution in [0.25, 0.3) is 0 Å².